The fraction of sp³-hybridized carbons (Fsp3) is 0.0526. The lowest BCUT2D eigenvalue weighted by Gasteiger charge is -2.09. The van der Waals surface area contributed by atoms with Crippen LogP contribution in [0.2, 0.25) is 0 Å². The maximum Gasteiger partial charge on any atom is 0.120 e. The van der Waals surface area contributed by atoms with Crippen molar-refractivity contribution in [1.82, 2.24) is 0 Å². The summed E-state index contributed by atoms with van der Waals surface area (Å²) in [5.41, 5.74) is 2.27. The average molecular weight is 260 g/mol. The standard InChI is InChI=1S/C19H16O/c1-2-15-7-5-11-18(13-15)20-14-17-10-6-9-16-8-3-4-12-19(16)17/h2-13H,1,14H2. The first-order valence-corrected chi connectivity index (χ1v) is 6.69. The second-order valence-electron chi connectivity index (χ2n) is 4.70. The van der Waals surface area contributed by atoms with E-state index in [-0.39, 0.29) is 0 Å². The van der Waals surface area contributed by atoms with Crippen LogP contribution in [0.25, 0.3) is 16.8 Å². The molecule has 3 aromatic carbocycles. The molecular formula is C19H16O. The third-order valence-corrected chi connectivity index (χ3v) is 3.37. The second kappa shape index (κ2) is 5.62. The molecule has 3 aromatic rings. The molecule has 0 amide bonds. The maximum absolute atomic E-state index is 5.89. The Balaban J connectivity index is 1.84. The summed E-state index contributed by atoms with van der Waals surface area (Å²) in [5, 5.41) is 2.49. The molecule has 0 aliphatic heterocycles. The summed E-state index contributed by atoms with van der Waals surface area (Å²) < 4.78 is 5.89. The molecule has 0 saturated heterocycles. The average Bonchev–Trinajstić information content (AvgIpc) is 2.53. The van der Waals surface area contributed by atoms with Crippen molar-refractivity contribution >= 4 is 16.8 Å². The molecule has 0 aliphatic rings. The van der Waals surface area contributed by atoms with E-state index in [1.165, 1.54) is 16.3 Å². The molecule has 3 rings (SSSR count). The smallest absolute Gasteiger partial charge is 0.120 e. The first kappa shape index (κ1) is 12.5. The molecule has 0 spiro atoms. The molecule has 0 bridgehead atoms. The van der Waals surface area contributed by atoms with Crippen molar-refractivity contribution in [3.63, 3.8) is 0 Å². The van der Waals surface area contributed by atoms with Gasteiger partial charge in [0.1, 0.15) is 12.4 Å². The van der Waals surface area contributed by atoms with Crippen molar-refractivity contribution in [2.75, 3.05) is 0 Å². The summed E-state index contributed by atoms with van der Waals surface area (Å²) in [4.78, 5) is 0. The Kier molecular flexibility index (Phi) is 3.51. The molecule has 0 fully saturated rings. The van der Waals surface area contributed by atoms with E-state index in [4.69, 9.17) is 4.74 Å². The van der Waals surface area contributed by atoms with Crippen LogP contribution < -0.4 is 4.74 Å². The predicted molar refractivity (Wildman–Crippen MR) is 84.8 cm³/mol. The molecule has 0 saturated carbocycles. The van der Waals surface area contributed by atoms with Crippen molar-refractivity contribution in [3.8, 4) is 5.75 Å². The van der Waals surface area contributed by atoms with E-state index in [0.717, 1.165) is 11.3 Å². The number of fused-ring (bicyclic) bond motifs is 1. The van der Waals surface area contributed by atoms with E-state index in [1.807, 2.05) is 30.3 Å². The number of ether oxygens (including phenoxy) is 1. The van der Waals surface area contributed by atoms with Crippen LogP contribution in [0, 0.1) is 0 Å². The lowest BCUT2D eigenvalue weighted by Crippen LogP contribution is -1.96. The van der Waals surface area contributed by atoms with Crippen LogP contribution in [-0.2, 0) is 6.61 Å². The first-order chi connectivity index (χ1) is 9.86. The van der Waals surface area contributed by atoms with Crippen molar-refractivity contribution in [3.05, 3.63) is 84.4 Å². The Morgan fingerprint density at radius 1 is 0.900 bits per heavy atom. The molecule has 0 heterocycles. The highest BCUT2D eigenvalue weighted by Crippen LogP contribution is 2.21. The molecule has 98 valence electrons. The highest BCUT2D eigenvalue weighted by molar-refractivity contribution is 5.85. The summed E-state index contributed by atoms with van der Waals surface area (Å²) >= 11 is 0. The Bertz CT molecular complexity index is 738. The largest absolute Gasteiger partial charge is 0.489 e. The normalized spacial score (nSPS) is 10.4. The number of hydrogen-bond acceptors (Lipinski definition) is 1. The van der Waals surface area contributed by atoms with Gasteiger partial charge in [0.2, 0.25) is 0 Å². The van der Waals surface area contributed by atoms with Crippen LogP contribution in [0.4, 0.5) is 0 Å². The number of benzene rings is 3. The Labute approximate surface area is 119 Å². The van der Waals surface area contributed by atoms with Gasteiger partial charge in [0, 0.05) is 0 Å². The third-order valence-electron chi connectivity index (χ3n) is 3.37. The van der Waals surface area contributed by atoms with E-state index >= 15 is 0 Å². The first-order valence-electron chi connectivity index (χ1n) is 6.69. The zero-order valence-electron chi connectivity index (χ0n) is 11.3. The van der Waals surface area contributed by atoms with E-state index < -0.39 is 0 Å². The fourth-order valence-corrected chi connectivity index (χ4v) is 2.31. The summed E-state index contributed by atoms with van der Waals surface area (Å²) in [6.45, 7) is 4.35. The Morgan fingerprint density at radius 2 is 1.70 bits per heavy atom. The number of hydrogen-bond donors (Lipinski definition) is 0. The van der Waals surface area contributed by atoms with Gasteiger partial charge in [-0.05, 0) is 34.0 Å². The Morgan fingerprint density at radius 3 is 2.60 bits per heavy atom. The zero-order chi connectivity index (χ0) is 13.8. The SMILES string of the molecule is C=Cc1cccc(OCc2cccc3ccccc23)c1. The molecule has 1 nitrogen and oxygen atoms in total. The molecule has 0 radical (unpaired) electrons. The van der Waals surface area contributed by atoms with Crippen molar-refractivity contribution < 1.29 is 4.74 Å². The summed E-state index contributed by atoms with van der Waals surface area (Å²) in [6, 6.07) is 22.6. The van der Waals surface area contributed by atoms with Crippen LogP contribution in [0.5, 0.6) is 5.75 Å². The van der Waals surface area contributed by atoms with Crippen LogP contribution >= 0.6 is 0 Å². The molecule has 1 heteroatoms. The van der Waals surface area contributed by atoms with Crippen molar-refractivity contribution in [2.24, 2.45) is 0 Å². The lowest BCUT2D eigenvalue weighted by molar-refractivity contribution is 0.307. The molecule has 0 N–H and O–H groups in total. The predicted octanol–water partition coefficient (Wildman–Crippen LogP) is 5.06. The monoisotopic (exact) mass is 260 g/mol. The van der Waals surface area contributed by atoms with Gasteiger partial charge in [-0.3, -0.25) is 0 Å². The highest BCUT2D eigenvalue weighted by Gasteiger charge is 2.01. The second-order valence-corrected chi connectivity index (χ2v) is 4.70. The minimum absolute atomic E-state index is 0.571. The van der Waals surface area contributed by atoms with Gasteiger partial charge in [-0.2, -0.15) is 0 Å². The molecule has 0 unspecified atom stereocenters. The van der Waals surface area contributed by atoms with E-state index in [0.29, 0.717) is 6.61 Å². The van der Waals surface area contributed by atoms with E-state index in [2.05, 4.69) is 49.0 Å². The molecule has 0 atom stereocenters. The van der Waals surface area contributed by atoms with Crippen LogP contribution in [-0.4, -0.2) is 0 Å². The third kappa shape index (κ3) is 2.57. The topological polar surface area (TPSA) is 9.23 Å². The molecule has 0 aliphatic carbocycles. The van der Waals surface area contributed by atoms with Gasteiger partial charge in [-0.15, -0.1) is 0 Å². The van der Waals surface area contributed by atoms with Gasteiger partial charge < -0.3 is 4.74 Å². The van der Waals surface area contributed by atoms with E-state index in [1.54, 1.807) is 0 Å². The van der Waals surface area contributed by atoms with Gasteiger partial charge in [0.25, 0.3) is 0 Å². The van der Waals surface area contributed by atoms with Gasteiger partial charge in [0.15, 0.2) is 0 Å². The molecular weight excluding hydrogens is 244 g/mol. The Hall–Kier alpha value is -2.54. The van der Waals surface area contributed by atoms with Crippen LogP contribution in [0.3, 0.4) is 0 Å². The zero-order valence-corrected chi connectivity index (χ0v) is 11.3. The van der Waals surface area contributed by atoms with Gasteiger partial charge in [-0.1, -0.05) is 67.3 Å². The van der Waals surface area contributed by atoms with Gasteiger partial charge in [-0.25, -0.2) is 0 Å². The van der Waals surface area contributed by atoms with Crippen molar-refractivity contribution in [2.45, 2.75) is 6.61 Å². The maximum atomic E-state index is 5.89. The van der Waals surface area contributed by atoms with Crippen LogP contribution in [0.1, 0.15) is 11.1 Å². The minimum atomic E-state index is 0.571. The van der Waals surface area contributed by atoms with E-state index in [9.17, 15) is 0 Å². The van der Waals surface area contributed by atoms with Crippen molar-refractivity contribution in [1.29, 1.82) is 0 Å². The number of rotatable bonds is 4. The minimum Gasteiger partial charge on any atom is -0.489 e. The lowest BCUT2D eigenvalue weighted by atomic mass is 10.1. The van der Waals surface area contributed by atoms with Gasteiger partial charge >= 0.3 is 0 Å². The molecule has 0 aromatic heterocycles. The molecule has 20 heavy (non-hydrogen) atoms. The summed E-state index contributed by atoms with van der Waals surface area (Å²) in [5.74, 6) is 0.871. The van der Waals surface area contributed by atoms with Crippen LogP contribution in [0.15, 0.2) is 73.3 Å². The summed E-state index contributed by atoms with van der Waals surface area (Å²) in [7, 11) is 0. The highest BCUT2D eigenvalue weighted by atomic mass is 16.5. The quantitative estimate of drug-likeness (QED) is 0.637. The summed E-state index contributed by atoms with van der Waals surface area (Å²) in [6.07, 6.45) is 1.82. The fourth-order valence-electron chi connectivity index (χ4n) is 2.31. The van der Waals surface area contributed by atoms with Gasteiger partial charge in [0.05, 0.1) is 0 Å².